The fourth-order valence-electron chi connectivity index (χ4n) is 3.36. The average Bonchev–Trinajstić information content (AvgIpc) is 2.91. The molecule has 132 valence electrons. The van der Waals surface area contributed by atoms with Gasteiger partial charge in [0.05, 0.1) is 12.1 Å². The van der Waals surface area contributed by atoms with Crippen molar-refractivity contribution in [1.29, 1.82) is 0 Å². The van der Waals surface area contributed by atoms with E-state index in [1.165, 1.54) is 23.1 Å². The van der Waals surface area contributed by atoms with E-state index in [0.29, 0.717) is 13.0 Å². The van der Waals surface area contributed by atoms with Crippen LogP contribution in [0.15, 0.2) is 23.0 Å². The number of likely N-dealkylation sites (tertiary alicyclic amines) is 2. The number of nitrogens with zero attached hydrogens (tertiary/aromatic N) is 2. The maximum Gasteiger partial charge on any atom is 0.270 e. The molecule has 6 nitrogen and oxygen atoms in total. The number of piperidine rings is 1. The maximum atomic E-state index is 13.2. The number of rotatable bonds is 3. The Morgan fingerprint density at radius 1 is 1.21 bits per heavy atom. The lowest BCUT2D eigenvalue weighted by Gasteiger charge is -2.36. The second-order valence-electron chi connectivity index (χ2n) is 6.76. The third-order valence-corrected chi connectivity index (χ3v) is 4.72. The molecule has 1 amide bonds. The number of aromatic amines is 1. The van der Waals surface area contributed by atoms with Crippen LogP contribution in [0.4, 0.5) is 8.78 Å². The smallest absolute Gasteiger partial charge is 0.270 e. The molecule has 0 aliphatic carbocycles. The van der Waals surface area contributed by atoms with E-state index >= 15 is 0 Å². The Balaban J connectivity index is 1.60. The van der Waals surface area contributed by atoms with Crippen LogP contribution in [0.2, 0.25) is 0 Å². The molecule has 2 saturated heterocycles. The molecule has 0 spiro atoms. The molecule has 2 fully saturated rings. The Hall–Kier alpha value is -1.80. The normalized spacial score (nSPS) is 27.4. The first-order valence-corrected chi connectivity index (χ1v) is 8.08. The number of hydrogen-bond donors (Lipinski definition) is 2. The number of nitrogens with one attached hydrogen (secondary N) is 1. The second kappa shape index (κ2) is 6.25. The fraction of sp³-hybridized carbons (Fsp3) is 0.625. The first kappa shape index (κ1) is 17.0. The van der Waals surface area contributed by atoms with Crippen LogP contribution in [0.5, 0.6) is 0 Å². The number of alkyl halides is 2. The first-order valence-electron chi connectivity index (χ1n) is 8.08. The number of carbonyl (C=O) groups excluding carboxylic acids is 1. The van der Waals surface area contributed by atoms with E-state index < -0.39 is 11.5 Å². The summed E-state index contributed by atoms with van der Waals surface area (Å²) in [5.74, 6) is -2.95. The van der Waals surface area contributed by atoms with Gasteiger partial charge in [-0.15, -0.1) is 0 Å². The van der Waals surface area contributed by atoms with Crippen molar-refractivity contribution in [2.45, 2.75) is 30.8 Å². The highest BCUT2D eigenvalue weighted by atomic mass is 19.3. The summed E-state index contributed by atoms with van der Waals surface area (Å²) >= 11 is 0. The number of carbonyl (C=O) groups is 1. The second-order valence-corrected chi connectivity index (χ2v) is 6.76. The summed E-state index contributed by atoms with van der Waals surface area (Å²) < 4.78 is 26.4. The lowest BCUT2D eigenvalue weighted by Crippen LogP contribution is -2.49. The Morgan fingerprint density at radius 2 is 1.92 bits per heavy atom. The fourth-order valence-corrected chi connectivity index (χ4v) is 3.36. The van der Waals surface area contributed by atoms with Crippen LogP contribution in [0.3, 0.4) is 0 Å². The van der Waals surface area contributed by atoms with E-state index in [2.05, 4.69) is 4.98 Å². The van der Waals surface area contributed by atoms with Gasteiger partial charge in [-0.05, 0) is 12.5 Å². The summed E-state index contributed by atoms with van der Waals surface area (Å²) in [6, 6.07) is 4.35. The van der Waals surface area contributed by atoms with Crippen molar-refractivity contribution >= 4 is 5.91 Å². The number of H-pyrrole nitrogens is 1. The molecule has 2 aliphatic heterocycles. The SMILES string of the molecule is O=C(c1cccc(=O)[nH]1)N1CC[C@](O)(CN2CCC(F)(F)CC2)C1. The van der Waals surface area contributed by atoms with Gasteiger partial charge in [-0.3, -0.25) is 14.5 Å². The van der Waals surface area contributed by atoms with Gasteiger partial charge >= 0.3 is 0 Å². The molecule has 2 aliphatic rings. The van der Waals surface area contributed by atoms with Crippen LogP contribution in [-0.4, -0.2) is 70.0 Å². The minimum absolute atomic E-state index is 0.135. The Kier molecular flexibility index (Phi) is 4.44. The summed E-state index contributed by atoms with van der Waals surface area (Å²) in [6.45, 7) is 1.27. The van der Waals surface area contributed by atoms with Gasteiger partial charge in [0.1, 0.15) is 5.69 Å². The molecule has 0 bridgehead atoms. The highest BCUT2D eigenvalue weighted by molar-refractivity contribution is 5.92. The lowest BCUT2D eigenvalue weighted by atomic mass is 10.00. The van der Waals surface area contributed by atoms with Crippen molar-refractivity contribution in [3.8, 4) is 0 Å². The number of aromatic nitrogens is 1. The number of hydrogen-bond acceptors (Lipinski definition) is 4. The molecule has 24 heavy (non-hydrogen) atoms. The Labute approximate surface area is 138 Å². The third-order valence-electron chi connectivity index (χ3n) is 4.72. The highest BCUT2D eigenvalue weighted by Crippen LogP contribution is 2.30. The van der Waals surface area contributed by atoms with Crippen LogP contribution in [0, 0.1) is 0 Å². The van der Waals surface area contributed by atoms with Crippen LogP contribution >= 0.6 is 0 Å². The predicted octanol–water partition coefficient (Wildman–Crippen LogP) is 0.683. The van der Waals surface area contributed by atoms with E-state index in [4.69, 9.17) is 0 Å². The molecule has 1 aromatic heterocycles. The van der Waals surface area contributed by atoms with E-state index in [1.807, 2.05) is 4.90 Å². The zero-order valence-electron chi connectivity index (χ0n) is 13.3. The zero-order valence-corrected chi connectivity index (χ0v) is 13.3. The van der Waals surface area contributed by atoms with Crippen molar-refractivity contribution in [3.63, 3.8) is 0 Å². The third kappa shape index (κ3) is 3.81. The molecule has 3 rings (SSSR count). The average molecular weight is 341 g/mol. The Bertz CT molecular complexity index is 669. The predicted molar refractivity (Wildman–Crippen MR) is 83.2 cm³/mol. The van der Waals surface area contributed by atoms with Crippen LogP contribution < -0.4 is 5.56 Å². The van der Waals surface area contributed by atoms with Gasteiger partial charge in [0.25, 0.3) is 11.8 Å². The lowest BCUT2D eigenvalue weighted by molar-refractivity contribution is -0.0720. The summed E-state index contributed by atoms with van der Waals surface area (Å²) in [6.07, 6.45) is -0.00332. The van der Waals surface area contributed by atoms with Gasteiger partial charge in [-0.2, -0.15) is 0 Å². The summed E-state index contributed by atoms with van der Waals surface area (Å²) in [4.78, 5) is 29.5. The topological polar surface area (TPSA) is 76.6 Å². The monoisotopic (exact) mass is 341 g/mol. The van der Waals surface area contributed by atoms with Crippen LogP contribution in [-0.2, 0) is 0 Å². The molecule has 1 aromatic rings. The summed E-state index contributed by atoms with van der Waals surface area (Å²) in [5.41, 5.74) is -1.27. The van der Waals surface area contributed by atoms with Crippen molar-refractivity contribution in [3.05, 3.63) is 34.2 Å². The van der Waals surface area contributed by atoms with Crippen LogP contribution in [0.1, 0.15) is 29.8 Å². The number of aliphatic hydroxyl groups is 1. The van der Waals surface area contributed by atoms with Crippen molar-refractivity contribution in [2.24, 2.45) is 0 Å². The van der Waals surface area contributed by atoms with Gasteiger partial charge in [-0.1, -0.05) is 6.07 Å². The van der Waals surface area contributed by atoms with Gasteiger partial charge in [-0.25, -0.2) is 8.78 Å². The molecular formula is C16H21F2N3O3. The van der Waals surface area contributed by atoms with Gasteiger partial charge in [0.2, 0.25) is 5.56 Å². The first-order chi connectivity index (χ1) is 11.3. The largest absolute Gasteiger partial charge is 0.387 e. The number of amides is 1. The van der Waals surface area contributed by atoms with Crippen molar-refractivity contribution < 1.29 is 18.7 Å². The summed E-state index contributed by atoms with van der Waals surface area (Å²) in [7, 11) is 0. The van der Waals surface area contributed by atoms with Gasteiger partial charge < -0.3 is 15.0 Å². The zero-order chi connectivity index (χ0) is 17.4. The number of halogens is 2. The standard InChI is InChI=1S/C16H21F2N3O3/c17-16(18)5-7-20(8-6-16)10-15(24)4-9-21(11-15)14(23)12-2-1-3-13(22)19-12/h1-3,24H,4-11H2,(H,19,22)/t15-/m0/s1. The molecule has 8 heteroatoms. The molecule has 0 aromatic carbocycles. The van der Waals surface area contributed by atoms with E-state index in [9.17, 15) is 23.5 Å². The molecule has 1 atom stereocenters. The minimum Gasteiger partial charge on any atom is -0.387 e. The Morgan fingerprint density at radius 3 is 2.58 bits per heavy atom. The highest BCUT2D eigenvalue weighted by Gasteiger charge is 2.42. The molecule has 0 radical (unpaired) electrons. The quantitative estimate of drug-likeness (QED) is 0.848. The van der Waals surface area contributed by atoms with Gasteiger partial charge in [0, 0.05) is 45.1 Å². The van der Waals surface area contributed by atoms with Crippen molar-refractivity contribution in [1.82, 2.24) is 14.8 Å². The molecule has 2 N–H and O–H groups in total. The molecule has 3 heterocycles. The summed E-state index contributed by atoms with van der Waals surface area (Å²) in [5, 5.41) is 10.7. The van der Waals surface area contributed by atoms with E-state index in [-0.39, 0.29) is 56.2 Å². The molecular weight excluding hydrogens is 320 g/mol. The van der Waals surface area contributed by atoms with E-state index in [1.54, 1.807) is 0 Å². The van der Waals surface area contributed by atoms with Crippen molar-refractivity contribution in [2.75, 3.05) is 32.7 Å². The number of β-amino-alcohol motifs (C(OH)–C–C–N with tert-alkyl or cyclic N) is 1. The van der Waals surface area contributed by atoms with E-state index in [0.717, 1.165) is 0 Å². The number of pyridine rings is 1. The molecule has 0 saturated carbocycles. The van der Waals surface area contributed by atoms with Gasteiger partial charge in [0.15, 0.2) is 0 Å². The van der Waals surface area contributed by atoms with Crippen LogP contribution in [0.25, 0.3) is 0 Å². The molecule has 0 unspecified atom stereocenters. The minimum atomic E-state index is -2.62. The maximum absolute atomic E-state index is 13.2.